The van der Waals surface area contributed by atoms with Crippen molar-refractivity contribution in [3.63, 3.8) is 0 Å². The molecule has 0 aromatic carbocycles. The molecule has 2 N–H and O–H groups in total. The second-order valence-electron chi connectivity index (χ2n) is 1.81. The Morgan fingerprint density at radius 2 is 2.11 bits per heavy atom. The molecular formula is C6H15NO2. The molecule has 0 amide bonds. The molecule has 3 nitrogen and oxygen atoms in total. The fraction of sp³-hybridized carbons (Fsp3) is 1.00. The molecule has 3 heteroatoms. The van der Waals surface area contributed by atoms with Crippen LogP contribution in [0.3, 0.4) is 0 Å². The van der Waals surface area contributed by atoms with E-state index in [1.54, 1.807) is 7.11 Å². The summed E-state index contributed by atoms with van der Waals surface area (Å²) in [7, 11) is 1.61. The van der Waals surface area contributed by atoms with Gasteiger partial charge in [-0.1, -0.05) is 0 Å². The molecule has 0 aromatic rings. The zero-order valence-electron chi connectivity index (χ0n) is 5.93. The van der Waals surface area contributed by atoms with E-state index in [2.05, 4.69) is 4.74 Å². The van der Waals surface area contributed by atoms with Crippen LogP contribution in [-0.4, -0.2) is 27.1 Å². The van der Waals surface area contributed by atoms with Crippen molar-refractivity contribution in [2.24, 2.45) is 5.73 Å². The standard InChI is InChI=1S/C6H15NO2/c1-8-6-9-5-3-2-4-7/h2-7H2,1H3. The maximum absolute atomic E-state index is 5.26. The third-order valence-electron chi connectivity index (χ3n) is 0.944. The molecule has 0 aliphatic heterocycles. The van der Waals surface area contributed by atoms with Crippen molar-refractivity contribution in [3.05, 3.63) is 0 Å². The van der Waals surface area contributed by atoms with E-state index < -0.39 is 0 Å². The number of nitrogens with two attached hydrogens (primary N) is 1. The van der Waals surface area contributed by atoms with Crippen LogP contribution in [0.25, 0.3) is 0 Å². The molecule has 0 radical (unpaired) electrons. The van der Waals surface area contributed by atoms with E-state index in [1.807, 2.05) is 0 Å². The Hall–Kier alpha value is -0.120. The number of rotatable bonds is 6. The maximum atomic E-state index is 5.26. The van der Waals surface area contributed by atoms with Crippen molar-refractivity contribution in [2.75, 3.05) is 27.1 Å². The lowest BCUT2D eigenvalue weighted by atomic mass is 10.3. The molecule has 0 unspecified atom stereocenters. The predicted octanol–water partition coefficient (Wildman–Crippen LogP) is 0.346. The van der Waals surface area contributed by atoms with Gasteiger partial charge in [-0.2, -0.15) is 0 Å². The summed E-state index contributed by atoms with van der Waals surface area (Å²) in [5.41, 5.74) is 5.26. The number of methoxy groups -OCH3 is 1. The Labute approximate surface area is 56.1 Å². The highest BCUT2D eigenvalue weighted by atomic mass is 16.7. The average molecular weight is 133 g/mol. The van der Waals surface area contributed by atoms with E-state index in [0.717, 1.165) is 26.0 Å². The number of unbranched alkanes of at least 4 members (excludes halogenated alkanes) is 1. The van der Waals surface area contributed by atoms with Crippen molar-refractivity contribution in [3.8, 4) is 0 Å². The zero-order valence-corrected chi connectivity index (χ0v) is 5.93. The Bertz CT molecular complexity index is 44.3. The molecule has 0 saturated carbocycles. The van der Waals surface area contributed by atoms with E-state index in [0.29, 0.717) is 6.79 Å². The summed E-state index contributed by atoms with van der Waals surface area (Å²) in [5.74, 6) is 0. The van der Waals surface area contributed by atoms with E-state index in [-0.39, 0.29) is 0 Å². The van der Waals surface area contributed by atoms with Crippen LogP contribution in [0.1, 0.15) is 12.8 Å². The van der Waals surface area contributed by atoms with Crippen molar-refractivity contribution in [1.82, 2.24) is 0 Å². The van der Waals surface area contributed by atoms with Gasteiger partial charge in [0.15, 0.2) is 0 Å². The van der Waals surface area contributed by atoms with Crippen LogP contribution in [0.2, 0.25) is 0 Å². The highest BCUT2D eigenvalue weighted by Gasteiger charge is 1.84. The van der Waals surface area contributed by atoms with Gasteiger partial charge in [-0.05, 0) is 19.4 Å². The lowest BCUT2D eigenvalue weighted by Crippen LogP contribution is -2.03. The highest BCUT2D eigenvalue weighted by Crippen LogP contribution is 1.86. The van der Waals surface area contributed by atoms with Crippen LogP contribution < -0.4 is 5.73 Å². The van der Waals surface area contributed by atoms with E-state index in [4.69, 9.17) is 10.5 Å². The molecule has 0 spiro atoms. The largest absolute Gasteiger partial charge is 0.359 e. The number of hydrogen-bond acceptors (Lipinski definition) is 3. The average Bonchev–Trinajstić information content (AvgIpc) is 1.89. The van der Waals surface area contributed by atoms with Gasteiger partial charge in [-0.3, -0.25) is 0 Å². The van der Waals surface area contributed by atoms with Crippen LogP contribution >= 0.6 is 0 Å². The van der Waals surface area contributed by atoms with Gasteiger partial charge in [0, 0.05) is 13.7 Å². The fourth-order valence-corrected chi connectivity index (χ4v) is 0.491. The number of hydrogen-bond donors (Lipinski definition) is 1. The van der Waals surface area contributed by atoms with Crippen molar-refractivity contribution in [2.45, 2.75) is 12.8 Å². The Kier molecular flexibility index (Phi) is 7.77. The number of ether oxygens (including phenoxy) is 2. The predicted molar refractivity (Wildman–Crippen MR) is 36.1 cm³/mol. The first-order valence-electron chi connectivity index (χ1n) is 3.18. The SMILES string of the molecule is COCOCCCCN. The molecule has 9 heavy (non-hydrogen) atoms. The molecule has 0 aliphatic rings. The summed E-state index contributed by atoms with van der Waals surface area (Å²) in [4.78, 5) is 0. The monoisotopic (exact) mass is 133 g/mol. The van der Waals surface area contributed by atoms with Gasteiger partial charge in [-0.25, -0.2) is 0 Å². The fourth-order valence-electron chi connectivity index (χ4n) is 0.491. The minimum atomic E-state index is 0.393. The summed E-state index contributed by atoms with van der Waals surface area (Å²) in [6, 6.07) is 0. The van der Waals surface area contributed by atoms with Crippen LogP contribution in [0.15, 0.2) is 0 Å². The molecule has 0 heterocycles. The van der Waals surface area contributed by atoms with E-state index >= 15 is 0 Å². The normalized spacial score (nSPS) is 10.0. The Morgan fingerprint density at radius 3 is 2.67 bits per heavy atom. The first-order chi connectivity index (χ1) is 4.41. The zero-order chi connectivity index (χ0) is 6.95. The summed E-state index contributed by atoms with van der Waals surface area (Å²) in [6.07, 6.45) is 2.06. The Balaban J connectivity index is 2.60. The summed E-state index contributed by atoms with van der Waals surface area (Å²) in [6.45, 7) is 1.89. The molecule has 0 fully saturated rings. The Morgan fingerprint density at radius 1 is 1.33 bits per heavy atom. The van der Waals surface area contributed by atoms with E-state index in [9.17, 15) is 0 Å². The minimum Gasteiger partial charge on any atom is -0.359 e. The van der Waals surface area contributed by atoms with Gasteiger partial charge >= 0.3 is 0 Å². The van der Waals surface area contributed by atoms with Crippen molar-refractivity contribution < 1.29 is 9.47 Å². The molecule has 0 saturated heterocycles. The highest BCUT2D eigenvalue weighted by molar-refractivity contribution is 4.36. The maximum Gasteiger partial charge on any atom is 0.146 e. The van der Waals surface area contributed by atoms with Crippen molar-refractivity contribution >= 4 is 0 Å². The third kappa shape index (κ3) is 7.88. The smallest absolute Gasteiger partial charge is 0.146 e. The van der Waals surface area contributed by atoms with Gasteiger partial charge in [0.05, 0.1) is 0 Å². The molecular weight excluding hydrogens is 118 g/mol. The van der Waals surface area contributed by atoms with Crippen LogP contribution in [0.4, 0.5) is 0 Å². The topological polar surface area (TPSA) is 44.5 Å². The summed E-state index contributed by atoms with van der Waals surface area (Å²) < 4.78 is 9.68. The summed E-state index contributed by atoms with van der Waals surface area (Å²) in [5, 5.41) is 0. The van der Waals surface area contributed by atoms with Gasteiger partial charge in [0.25, 0.3) is 0 Å². The van der Waals surface area contributed by atoms with Gasteiger partial charge in [-0.15, -0.1) is 0 Å². The third-order valence-corrected chi connectivity index (χ3v) is 0.944. The quantitative estimate of drug-likeness (QED) is 0.420. The first-order valence-corrected chi connectivity index (χ1v) is 3.18. The van der Waals surface area contributed by atoms with Gasteiger partial charge < -0.3 is 15.2 Å². The molecule has 0 rings (SSSR count). The van der Waals surface area contributed by atoms with Crippen LogP contribution in [0.5, 0.6) is 0 Å². The first kappa shape index (κ1) is 8.88. The second-order valence-corrected chi connectivity index (χ2v) is 1.81. The lowest BCUT2D eigenvalue weighted by molar-refractivity contribution is -0.0313. The molecule has 0 bridgehead atoms. The molecule has 0 aromatic heterocycles. The minimum absolute atomic E-state index is 0.393. The lowest BCUT2D eigenvalue weighted by Gasteiger charge is -1.99. The second kappa shape index (κ2) is 7.88. The molecule has 0 aliphatic carbocycles. The van der Waals surface area contributed by atoms with Crippen molar-refractivity contribution in [1.29, 1.82) is 0 Å². The van der Waals surface area contributed by atoms with Gasteiger partial charge in [0.1, 0.15) is 6.79 Å². The molecule has 0 atom stereocenters. The summed E-state index contributed by atoms with van der Waals surface area (Å²) >= 11 is 0. The molecule has 56 valence electrons. The van der Waals surface area contributed by atoms with Gasteiger partial charge in [0.2, 0.25) is 0 Å². The van der Waals surface area contributed by atoms with E-state index in [1.165, 1.54) is 0 Å². The van der Waals surface area contributed by atoms with Crippen LogP contribution in [-0.2, 0) is 9.47 Å². The van der Waals surface area contributed by atoms with Crippen LogP contribution in [0, 0.1) is 0 Å².